The molecular formula is C22H21Cl2N3O4. The normalized spacial score (nSPS) is 13.2. The van der Waals surface area contributed by atoms with E-state index in [0.717, 1.165) is 22.4 Å². The van der Waals surface area contributed by atoms with E-state index >= 15 is 0 Å². The van der Waals surface area contributed by atoms with Crippen molar-refractivity contribution in [2.45, 2.75) is 32.4 Å². The number of carbonyl (C=O) groups is 1. The predicted octanol–water partition coefficient (Wildman–Crippen LogP) is 4.36. The molecule has 1 heterocycles. The van der Waals surface area contributed by atoms with Gasteiger partial charge < -0.3 is 14.2 Å². The highest BCUT2D eigenvalue weighted by Gasteiger charge is 2.29. The summed E-state index contributed by atoms with van der Waals surface area (Å²) in [7, 11) is 1.62. The highest BCUT2D eigenvalue weighted by Crippen LogP contribution is 2.33. The second kappa shape index (κ2) is 9.16. The summed E-state index contributed by atoms with van der Waals surface area (Å²) in [6.45, 7) is 2.35. The summed E-state index contributed by atoms with van der Waals surface area (Å²) >= 11 is 12.3. The Labute approximate surface area is 189 Å². The summed E-state index contributed by atoms with van der Waals surface area (Å²) in [6.07, 6.45) is 1.08. The van der Waals surface area contributed by atoms with E-state index in [0.29, 0.717) is 29.4 Å². The Morgan fingerprint density at radius 3 is 2.35 bits per heavy atom. The Kier molecular flexibility index (Phi) is 6.34. The van der Waals surface area contributed by atoms with Gasteiger partial charge in [-0.2, -0.15) is 0 Å². The fourth-order valence-corrected chi connectivity index (χ4v) is 3.94. The zero-order valence-corrected chi connectivity index (χ0v) is 18.6. The first-order chi connectivity index (χ1) is 15.0. The van der Waals surface area contributed by atoms with Crippen molar-refractivity contribution in [1.82, 2.24) is 15.0 Å². The van der Waals surface area contributed by atoms with Gasteiger partial charge in [-0.1, -0.05) is 40.5 Å². The van der Waals surface area contributed by atoms with Gasteiger partial charge in [-0.25, -0.2) is 9.48 Å². The van der Waals surface area contributed by atoms with Crippen molar-refractivity contribution < 1.29 is 19.0 Å². The van der Waals surface area contributed by atoms with Crippen LogP contribution in [0, 0.1) is 0 Å². The Hall–Kier alpha value is -2.77. The number of hydrogen-bond acceptors (Lipinski definition) is 6. The second-order valence-electron chi connectivity index (χ2n) is 7.15. The highest BCUT2D eigenvalue weighted by molar-refractivity contribution is 6.42. The third kappa shape index (κ3) is 4.62. The molecule has 9 heteroatoms. The summed E-state index contributed by atoms with van der Waals surface area (Å²) in [5.74, 6) is 0.469. The Bertz CT molecular complexity index is 1070. The topological polar surface area (TPSA) is 75.5 Å². The van der Waals surface area contributed by atoms with Crippen LogP contribution in [0.15, 0.2) is 36.4 Å². The molecule has 1 aromatic heterocycles. The maximum Gasteiger partial charge on any atom is 0.364 e. The van der Waals surface area contributed by atoms with Gasteiger partial charge in [0.05, 0.1) is 30.3 Å². The molecule has 0 fully saturated rings. The van der Waals surface area contributed by atoms with Crippen molar-refractivity contribution in [3.63, 3.8) is 0 Å². The molecule has 31 heavy (non-hydrogen) atoms. The quantitative estimate of drug-likeness (QED) is 0.486. The van der Waals surface area contributed by atoms with Crippen molar-refractivity contribution in [3.8, 4) is 11.6 Å². The van der Waals surface area contributed by atoms with Crippen molar-refractivity contribution in [2.75, 3.05) is 13.7 Å². The van der Waals surface area contributed by atoms with Crippen LogP contribution in [0.2, 0.25) is 10.0 Å². The lowest BCUT2D eigenvalue weighted by Crippen LogP contribution is -2.21. The van der Waals surface area contributed by atoms with Crippen LogP contribution in [0.3, 0.4) is 0 Å². The number of esters is 1. The minimum Gasteiger partial charge on any atom is -0.497 e. The molecule has 4 rings (SSSR count). The summed E-state index contributed by atoms with van der Waals surface area (Å²) in [5, 5.41) is 9.20. The van der Waals surface area contributed by atoms with Gasteiger partial charge in [-0.15, -0.1) is 5.10 Å². The van der Waals surface area contributed by atoms with E-state index in [1.165, 1.54) is 0 Å². The molecule has 0 amide bonds. The van der Waals surface area contributed by atoms with Gasteiger partial charge in [0.15, 0.2) is 0 Å². The number of hydrogen-bond donors (Lipinski definition) is 0. The highest BCUT2D eigenvalue weighted by atomic mass is 35.5. The van der Waals surface area contributed by atoms with Crippen LogP contribution in [0.5, 0.6) is 11.6 Å². The Morgan fingerprint density at radius 1 is 1.13 bits per heavy atom. The largest absolute Gasteiger partial charge is 0.497 e. The molecule has 0 radical (unpaired) electrons. The number of benzene rings is 2. The minimum atomic E-state index is -0.569. The molecule has 0 saturated carbocycles. The molecule has 162 valence electrons. The van der Waals surface area contributed by atoms with Gasteiger partial charge in [0.1, 0.15) is 11.9 Å². The van der Waals surface area contributed by atoms with E-state index < -0.39 is 5.97 Å². The smallest absolute Gasteiger partial charge is 0.364 e. The number of ether oxygens (including phenoxy) is 3. The average molecular weight is 462 g/mol. The van der Waals surface area contributed by atoms with Crippen molar-refractivity contribution in [1.29, 1.82) is 0 Å². The first kappa shape index (κ1) is 21.5. The van der Waals surface area contributed by atoms with E-state index in [-0.39, 0.29) is 24.3 Å². The number of methoxy groups -OCH3 is 1. The molecule has 0 spiro atoms. The summed E-state index contributed by atoms with van der Waals surface area (Å²) in [4.78, 5) is 12.4. The van der Waals surface area contributed by atoms with Gasteiger partial charge in [-0.05, 0) is 47.9 Å². The molecule has 0 atom stereocenters. The maximum absolute atomic E-state index is 12.4. The minimum absolute atomic E-state index is 0.0578. The molecule has 3 aromatic rings. The lowest BCUT2D eigenvalue weighted by molar-refractivity contribution is 0.0511. The van der Waals surface area contributed by atoms with Crippen LogP contribution < -0.4 is 9.47 Å². The average Bonchev–Trinajstić information content (AvgIpc) is 3.33. The molecule has 1 aliphatic rings. The zero-order chi connectivity index (χ0) is 22.0. The number of rotatable bonds is 7. The van der Waals surface area contributed by atoms with Gasteiger partial charge in [0, 0.05) is 12.8 Å². The summed E-state index contributed by atoms with van der Waals surface area (Å²) in [6, 6.07) is 11.3. The molecule has 2 aromatic carbocycles. The Morgan fingerprint density at radius 2 is 1.77 bits per heavy atom. The zero-order valence-electron chi connectivity index (χ0n) is 17.1. The number of aromatic nitrogens is 3. The maximum atomic E-state index is 12.4. The predicted molar refractivity (Wildman–Crippen MR) is 116 cm³/mol. The van der Waals surface area contributed by atoms with Gasteiger partial charge >= 0.3 is 5.97 Å². The van der Waals surface area contributed by atoms with E-state index in [1.807, 2.05) is 36.4 Å². The molecule has 7 nitrogen and oxygen atoms in total. The van der Waals surface area contributed by atoms with Crippen LogP contribution in [0.25, 0.3) is 0 Å². The van der Waals surface area contributed by atoms with E-state index in [2.05, 4.69) is 10.3 Å². The third-order valence-electron chi connectivity index (χ3n) is 5.07. The molecule has 0 bridgehead atoms. The standard InChI is InChI=1S/C22H21Cl2N3O4/c1-3-30-22(28)20-21(27(26-25-20)12-13-4-6-16(29-2)7-5-13)31-17-8-14-10-18(23)19(24)11-15(14)9-17/h4-7,10-11,17H,3,8-9,12H2,1-2H3. The van der Waals surface area contributed by atoms with Crippen molar-refractivity contribution in [2.24, 2.45) is 0 Å². The molecule has 0 N–H and O–H groups in total. The van der Waals surface area contributed by atoms with Gasteiger partial charge in [0.2, 0.25) is 11.6 Å². The lowest BCUT2D eigenvalue weighted by atomic mass is 10.1. The van der Waals surface area contributed by atoms with Gasteiger partial charge in [-0.3, -0.25) is 0 Å². The Balaban J connectivity index is 1.59. The van der Waals surface area contributed by atoms with E-state index in [1.54, 1.807) is 18.7 Å². The van der Waals surface area contributed by atoms with E-state index in [4.69, 9.17) is 37.4 Å². The fraction of sp³-hybridized carbons (Fsp3) is 0.318. The van der Waals surface area contributed by atoms with Crippen molar-refractivity contribution >= 4 is 29.2 Å². The monoisotopic (exact) mass is 461 g/mol. The molecule has 0 aliphatic heterocycles. The summed E-state index contributed by atoms with van der Waals surface area (Å²) in [5.41, 5.74) is 3.17. The van der Waals surface area contributed by atoms with E-state index in [9.17, 15) is 4.79 Å². The van der Waals surface area contributed by atoms with Crippen molar-refractivity contribution in [3.05, 3.63) is 68.8 Å². The first-order valence-electron chi connectivity index (χ1n) is 9.85. The van der Waals surface area contributed by atoms with Gasteiger partial charge in [0.25, 0.3) is 0 Å². The van der Waals surface area contributed by atoms with Crippen LogP contribution in [0.4, 0.5) is 0 Å². The van der Waals surface area contributed by atoms with Crippen LogP contribution >= 0.6 is 23.2 Å². The second-order valence-corrected chi connectivity index (χ2v) is 7.97. The number of fused-ring (bicyclic) bond motifs is 1. The van der Waals surface area contributed by atoms with Crippen LogP contribution in [-0.2, 0) is 24.1 Å². The fourth-order valence-electron chi connectivity index (χ4n) is 3.57. The third-order valence-corrected chi connectivity index (χ3v) is 5.79. The lowest BCUT2D eigenvalue weighted by Gasteiger charge is -2.15. The summed E-state index contributed by atoms with van der Waals surface area (Å²) < 4.78 is 18.2. The molecule has 1 aliphatic carbocycles. The van der Waals surface area contributed by atoms with Crippen LogP contribution in [0.1, 0.15) is 34.1 Å². The van der Waals surface area contributed by atoms with Crippen LogP contribution in [-0.4, -0.2) is 40.8 Å². The number of halogens is 2. The molecular weight excluding hydrogens is 441 g/mol. The first-order valence-corrected chi connectivity index (χ1v) is 10.6. The number of nitrogens with zero attached hydrogens (tertiary/aromatic N) is 3. The SMILES string of the molecule is CCOC(=O)c1nnn(Cc2ccc(OC)cc2)c1OC1Cc2cc(Cl)c(Cl)cc2C1. The molecule has 0 saturated heterocycles. The molecule has 0 unspecified atom stereocenters. The number of carbonyl (C=O) groups excluding carboxylic acids is 1.